The van der Waals surface area contributed by atoms with Crippen molar-refractivity contribution >= 4 is 0 Å². The third-order valence-corrected chi connectivity index (χ3v) is 5.54. The third-order valence-electron chi connectivity index (χ3n) is 5.54. The topological polar surface area (TPSA) is 55.4 Å². The molecule has 0 radical (unpaired) electrons. The van der Waals surface area contributed by atoms with Crippen molar-refractivity contribution in [2.75, 3.05) is 42.7 Å². The van der Waals surface area contributed by atoms with Crippen LogP contribution in [0.15, 0.2) is 110 Å². The molecule has 0 N–H and O–H groups in total. The van der Waals surface area contributed by atoms with Crippen molar-refractivity contribution in [1.29, 1.82) is 0 Å². The smallest absolute Gasteiger partial charge is 0.160 e. The quantitative estimate of drug-likeness (QED) is 0.280. The molecule has 0 heterocycles. The van der Waals surface area contributed by atoms with E-state index in [4.69, 9.17) is 28.4 Å². The molecule has 0 spiro atoms. The van der Waals surface area contributed by atoms with Gasteiger partial charge in [-0.3, -0.25) is 0 Å². The zero-order valence-electron chi connectivity index (χ0n) is 24.1. The van der Waals surface area contributed by atoms with Gasteiger partial charge in [-0.2, -0.15) is 0 Å². The molecule has 1 aliphatic rings. The van der Waals surface area contributed by atoms with Crippen molar-refractivity contribution < 1.29 is 28.4 Å². The van der Waals surface area contributed by atoms with E-state index in [1.807, 2.05) is 66.8 Å². The third kappa shape index (κ3) is 10.9. The van der Waals surface area contributed by atoms with Gasteiger partial charge in [0, 0.05) is 6.42 Å². The lowest BCUT2D eigenvalue weighted by molar-refractivity contribution is 0.224. The first-order valence-electron chi connectivity index (χ1n) is 12.4. The molecule has 0 saturated heterocycles. The second-order valence-electron chi connectivity index (χ2n) is 8.05. The molecule has 0 amide bonds. The van der Waals surface area contributed by atoms with Crippen LogP contribution >= 0.6 is 0 Å². The SMILES string of the molecule is C=CC=C1C=CC(OC)=C(OC)C1.C=CCc1ccc(OC)c(OC)c1.C=CCc1ccc(OC)c(OC)c1. The van der Waals surface area contributed by atoms with Crippen LogP contribution in [-0.4, -0.2) is 42.7 Å². The van der Waals surface area contributed by atoms with Crippen LogP contribution in [0.4, 0.5) is 0 Å². The molecule has 0 fully saturated rings. The van der Waals surface area contributed by atoms with Crippen molar-refractivity contribution in [3.8, 4) is 23.0 Å². The molecule has 6 nitrogen and oxygen atoms in total. The maximum absolute atomic E-state index is 5.20. The highest BCUT2D eigenvalue weighted by atomic mass is 16.5. The van der Waals surface area contributed by atoms with E-state index in [9.17, 15) is 0 Å². The van der Waals surface area contributed by atoms with E-state index < -0.39 is 0 Å². The van der Waals surface area contributed by atoms with Gasteiger partial charge < -0.3 is 28.4 Å². The average Bonchev–Trinajstić information content (AvgIpc) is 2.98. The minimum absolute atomic E-state index is 0.760. The maximum Gasteiger partial charge on any atom is 0.160 e. The number of hydrogen-bond donors (Lipinski definition) is 0. The van der Waals surface area contributed by atoms with Gasteiger partial charge in [-0.05, 0) is 59.9 Å². The summed E-state index contributed by atoms with van der Waals surface area (Å²) in [4.78, 5) is 0. The summed E-state index contributed by atoms with van der Waals surface area (Å²) >= 11 is 0. The fourth-order valence-corrected chi connectivity index (χ4v) is 3.58. The summed E-state index contributed by atoms with van der Waals surface area (Å²) < 4.78 is 30.9. The standard InChI is InChI=1S/3C11H14O2/c3*1-4-5-9-6-7-10(12-2)11(8-9)13-3/h2*4,6-8H,1,5H2,2-3H3;4-7H,1,8H2,2-3H3. The molecular weight excluding hydrogens is 492 g/mol. The molecular formula is C33H42O6. The number of hydrogen-bond acceptors (Lipinski definition) is 6. The Kier molecular flexibility index (Phi) is 15.8. The number of rotatable bonds is 11. The summed E-state index contributed by atoms with van der Waals surface area (Å²) in [7, 11) is 9.82. The van der Waals surface area contributed by atoms with Crippen LogP contribution in [-0.2, 0) is 22.3 Å². The normalized spacial score (nSPS) is 12.6. The Morgan fingerprint density at radius 3 is 1.46 bits per heavy atom. The fourth-order valence-electron chi connectivity index (χ4n) is 3.58. The summed E-state index contributed by atoms with van der Waals surface area (Å²) in [6.45, 7) is 11.0. The molecule has 1 aliphatic carbocycles. The van der Waals surface area contributed by atoms with E-state index in [-0.39, 0.29) is 0 Å². The zero-order valence-corrected chi connectivity index (χ0v) is 24.1. The van der Waals surface area contributed by atoms with Gasteiger partial charge in [0.05, 0.1) is 42.7 Å². The first-order chi connectivity index (χ1) is 18.9. The van der Waals surface area contributed by atoms with Gasteiger partial charge in [-0.15, -0.1) is 13.2 Å². The van der Waals surface area contributed by atoms with E-state index in [1.54, 1.807) is 48.7 Å². The predicted octanol–water partition coefficient (Wildman–Crippen LogP) is 7.43. The first-order valence-corrected chi connectivity index (χ1v) is 12.4. The largest absolute Gasteiger partial charge is 0.497 e. The van der Waals surface area contributed by atoms with Gasteiger partial charge in [0.25, 0.3) is 0 Å². The van der Waals surface area contributed by atoms with Gasteiger partial charge in [0.15, 0.2) is 28.8 Å². The lowest BCUT2D eigenvalue weighted by Gasteiger charge is -2.15. The highest BCUT2D eigenvalue weighted by molar-refractivity contribution is 5.44. The minimum Gasteiger partial charge on any atom is -0.497 e. The highest BCUT2D eigenvalue weighted by Gasteiger charge is 2.11. The fraction of sp³-hybridized carbons (Fsp3) is 0.273. The Labute approximate surface area is 234 Å². The van der Waals surface area contributed by atoms with Crippen LogP contribution in [0.3, 0.4) is 0 Å². The van der Waals surface area contributed by atoms with Gasteiger partial charge in [0.1, 0.15) is 5.76 Å². The zero-order chi connectivity index (χ0) is 29.0. The van der Waals surface area contributed by atoms with E-state index in [1.165, 1.54) is 16.7 Å². The molecule has 0 aliphatic heterocycles. The number of allylic oxidation sites excluding steroid dienone is 7. The molecule has 3 rings (SSSR count). The predicted molar refractivity (Wildman–Crippen MR) is 160 cm³/mol. The summed E-state index contributed by atoms with van der Waals surface area (Å²) in [5.41, 5.74) is 3.52. The lowest BCUT2D eigenvalue weighted by Crippen LogP contribution is -2.00. The van der Waals surface area contributed by atoms with Crippen molar-refractivity contribution in [2.45, 2.75) is 19.3 Å². The highest BCUT2D eigenvalue weighted by Crippen LogP contribution is 2.28. The summed E-state index contributed by atoms with van der Waals surface area (Å²) in [6.07, 6.45) is 13.8. The van der Waals surface area contributed by atoms with Gasteiger partial charge in [-0.1, -0.05) is 49.1 Å². The Morgan fingerprint density at radius 1 is 0.615 bits per heavy atom. The summed E-state index contributed by atoms with van der Waals surface area (Å²) in [5.74, 6) is 4.70. The lowest BCUT2D eigenvalue weighted by atomic mass is 10.0. The molecule has 2 aromatic carbocycles. The van der Waals surface area contributed by atoms with Gasteiger partial charge >= 0.3 is 0 Å². The monoisotopic (exact) mass is 534 g/mol. The Bertz CT molecular complexity index is 1100. The Morgan fingerprint density at radius 2 is 1.10 bits per heavy atom. The van der Waals surface area contributed by atoms with Crippen LogP contribution in [0.2, 0.25) is 0 Å². The van der Waals surface area contributed by atoms with Crippen molar-refractivity contribution in [1.82, 2.24) is 0 Å². The molecule has 0 aromatic heterocycles. The number of benzene rings is 2. The molecule has 0 atom stereocenters. The van der Waals surface area contributed by atoms with Crippen LogP contribution in [0.25, 0.3) is 0 Å². The van der Waals surface area contributed by atoms with Crippen LogP contribution in [0, 0.1) is 0 Å². The van der Waals surface area contributed by atoms with Crippen molar-refractivity contribution in [2.24, 2.45) is 0 Å². The minimum atomic E-state index is 0.760. The molecule has 0 bridgehead atoms. The molecule has 0 saturated carbocycles. The molecule has 2 aromatic rings. The molecule has 6 heteroatoms. The number of methoxy groups -OCH3 is 6. The second kappa shape index (κ2) is 18.9. The molecule has 210 valence electrons. The summed E-state index contributed by atoms with van der Waals surface area (Å²) in [5, 5.41) is 0. The van der Waals surface area contributed by atoms with E-state index >= 15 is 0 Å². The number of ether oxygens (including phenoxy) is 6. The van der Waals surface area contributed by atoms with E-state index in [2.05, 4.69) is 19.7 Å². The molecule has 39 heavy (non-hydrogen) atoms. The van der Waals surface area contributed by atoms with Crippen molar-refractivity contribution in [3.05, 3.63) is 121 Å². The van der Waals surface area contributed by atoms with Crippen LogP contribution < -0.4 is 18.9 Å². The first kappa shape index (κ1) is 32.7. The average molecular weight is 535 g/mol. The van der Waals surface area contributed by atoms with Crippen molar-refractivity contribution in [3.63, 3.8) is 0 Å². The molecule has 0 unspecified atom stereocenters. The van der Waals surface area contributed by atoms with Gasteiger partial charge in [0.2, 0.25) is 0 Å². The second-order valence-corrected chi connectivity index (χ2v) is 8.05. The van der Waals surface area contributed by atoms with E-state index in [0.29, 0.717) is 0 Å². The van der Waals surface area contributed by atoms with Crippen LogP contribution in [0.5, 0.6) is 23.0 Å². The summed E-state index contributed by atoms with van der Waals surface area (Å²) in [6, 6.07) is 11.7. The maximum atomic E-state index is 5.20. The van der Waals surface area contributed by atoms with E-state index in [0.717, 1.165) is 53.8 Å². The van der Waals surface area contributed by atoms with Gasteiger partial charge in [-0.25, -0.2) is 0 Å². The Balaban J connectivity index is 0.000000292. The Hall–Kier alpha value is -4.32. The van der Waals surface area contributed by atoms with Crippen LogP contribution in [0.1, 0.15) is 17.5 Å².